The molecule has 0 saturated carbocycles. The maximum atomic E-state index is 11.7. The van der Waals surface area contributed by atoms with Gasteiger partial charge in [-0.15, -0.1) is 0 Å². The van der Waals surface area contributed by atoms with E-state index >= 15 is 0 Å². The fourth-order valence-corrected chi connectivity index (χ4v) is 2.01. The van der Waals surface area contributed by atoms with E-state index in [1.165, 1.54) is 18.2 Å². The second kappa shape index (κ2) is 6.47. The number of ether oxygens (including phenoxy) is 1. The normalized spacial score (nSPS) is 21.6. The molecule has 1 aliphatic rings. The lowest BCUT2D eigenvalue weighted by Crippen LogP contribution is -2.42. The Morgan fingerprint density at radius 3 is 2.95 bits per heavy atom. The number of para-hydroxylation sites is 1. The molecule has 1 heterocycles. The van der Waals surface area contributed by atoms with Crippen LogP contribution in [0.2, 0.25) is 0 Å². The van der Waals surface area contributed by atoms with Crippen molar-refractivity contribution in [1.29, 1.82) is 0 Å². The molecule has 0 spiro atoms. The number of hydrogen-bond acceptors (Lipinski definition) is 5. The smallest absolute Gasteiger partial charge is 0.276 e. The Bertz CT molecular complexity index is 564. The third-order valence-electron chi connectivity index (χ3n) is 3.22. The van der Waals surface area contributed by atoms with E-state index in [2.05, 4.69) is 5.32 Å². The standard InChI is InChI=1S/C14H16N2O5/c17-13(15-9-14(18)7-8-21-10-14)6-5-11-3-1-2-4-12(11)16(19)20/h1-6,18H,7-10H2,(H,15,17)/b6-5+. The van der Waals surface area contributed by atoms with Crippen molar-refractivity contribution < 1.29 is 19.6 Å². The molecule has 1 aromatic carbocycles. The number of nitro benzene ring substituents is 1. The minimum absolute atomic E-state index is 0.0654. The van der Waals surface area contributed by atoms with Gasteiger partial charge in [0.15, 0.2) is 0 Å². The number of hydrogen-bond donors (Lipinski definition) is 2. The van der Waals surface area contributed by atoms with E-state index in [4.69, 9.17) is 4.74 Å². The van der Waals surface area contributed by atoms with Gasteiger partial charge in [0.2, 0.25) is 5.91 Å². The summed E-state index contributed by atoms with van der Waals surface area (Å²) in [5, 5.41) is 23.4. The van der Waals surface area contributed by atoms with Crippen LogP contribution in [0.15, 0.2) is 30.3 Å². The third-order valence-corrected chi connectivity index (χ3v) is 3.22. The van der Waals surface area contributed by atoms with E-state index in [1.807, 2.05) is 0 Å². The van der Waals surface area contributed by atoms with Crippen LogP contribution < -0.4 is 5.32 Å². The summed E-state index contributed by atoms with van der Waals surface area (Å²) >= 11 is 0. The summed E-state index contributed by atoms with van der Waals surface area (Å²) in [6, 6.07) is 6.14. The molecule has 1 saturated heterocycles. The predicted molar refractivity (Wildman–Crippen MR) is 75.5 cm³/mol. The van der Waals surface area contributed by atoms with Crippen LogP contribution >= 0.6 is 0 Å². The molecule has 7 nitrogen and oxygen atoms in total. The minimum Gasteiger partial charge on any atom is -0.386 e. The molecule has 1 fully saturated rings. The van der Waals surface area contributed by atoms with E-state index in [9.17, 15) is 20.0 Å². The number of nitrogens with one attached hydrogen (secondary N) is 1. The Morgan fingerprint density at radius 1 is 1.52 bits per heavy atom. The van der Waals surface area contributed by atoms with E-state index in [0.29, 0.717) is 18.6 Å². The van der Waals surface area contributed by atoms with Crippen LogP contribution in [0.3, 0.4) is 0 Å². The van der Waals surface area contributed by atoms with Crippen molar-refractivity contribution in [1.82, 2.24) is 5.32 Å². The number of nitrogens with zero attached hydrogens (tertiary/aromatic N) is 1. The highest BCUT2D eigenvalue weighted by Crippen LogP contribution is 2.19. The average molecular weight is 292 g/mol. The topological polar surface area (TPSA) is 102 Å². The van der Waals surface area contributed by atoms with Crippen LogP contribution in [-0.2, 0) is 9.53 Å². The van der Waals surface area contributed by atoms with Crippen LogP contribution in [0.5, 0.6) is 0 Å². The van der Waals surface area contributed by atoms with E-state index in [-0.39, 0.29) is 18.8 Å². The van der Waals surface area contributed by atoms with Gasteiger partial charge in [-0.1, -0.05) is 12.1 Å². The fraction of sp³-hybridized carbons (Fsp3) is 0.357. The van der Waals surface area contributed by atoms with Gasteiger partial charge >= 0.3 is 0 Å². The lowest BCUT2D eigenvalue weighted by molar-refractivity contribution is -0.385. The van der Waals surface area contributed by atoms with Gasteiger partial charge < -0.3 is 15.2 Å². The van der Waals surface area contributed by atoms with Crippen LogP contribution in [0.25, 0.3) is 6.08 Å². The molecule has 2 N–H and O–H groups in total. The van der Waals surface area contributed by atoms with E-state index < -0.39 is 16.4 Å². The van der Waals surface area contributed by atoms with Gasteiger partial charge in [-0.05, 0) is 12.1 Å². The van der Waals surface area contributed by atoms with Crippen molar-refractivity contribution in [2.24, 2.45) is 0 Å². The number of carbonyl (C=O) groups excluding carboxylic acids is 1. The zero-order valence-corrected chi connectivity index (χ0v) is 11.3. The molecule has 21 heavy (non-hydrogen) atoms. The van der Waals surface area contributed by atoms with Crippen molar-refractivity contribution in [3.8, 4) is 0 Å². The number of rotatable bonds is 5. The summed E-state index contributed by atoms with van der Waals surface area (Å²) in [6.45, 7) is 0.757. The summed E-state index contributed by atoms with van der Waals surface area (Å²) in [5.74, 6) is -0.423. The highest BCUT2D eigenvalue weighted by molar-refractivity contribution is 5.92. The highest BCUT2D eigenvalue weighted by atomic mass is 16.6. The molecule has 0 aromatic heterocycles. The van der Waals surface area contributed by atoms with Gasteiger partial charge in [-0.3, -0.25) is 14.9 Å². The zero-order chi connectivity index (χ0) is 15.3. The minimum atomic E-state index is -1.03. The summed E-state index contributed by atoms with van der Waals surface area (Å²) in [4.78, 5) is 22.0. The van der Waals surface area contributed by atoms with Gasteiger partial charge in [0, 0.05) is 31.7 Å². The number of amides is 1. The number of aliphatic hydroxyl groups is 1. The quantitative estimate of drug-likeness (QED) is 0.476. The van der Waals surface area contributed by atoms with E-state index in [0.717, 1.165) is 0 Å². The fourth-order valence-electron chi connectivity index (χ4n) is 2.01. The molecule has 1 aliphatic heterocycles. The van der Waals surface area contributed by atoms with Gasteiger partial charge in [0.25, 0.3) is 5.69 Å². The first-order valence-corrected chi connectivity index (χ1v) is 6.50. The molecular formula is C14H16N2O5. The SMILES string of the molecule is O=C(/C=C/c1ccccc1[N+](=O)[O-])NCC1(O)CCOC1. The monoisotopic (exact) mass is 292 g/mol. The Morgan fingerprint density at radius 2 is 2.29 bits per heavy atom. The summed E-state index contributed by atoms with van der Waals surface area (Å²) in [7, 11) is 0. The molecule has 1 amide bonds. The second-order valence-corrected chi connectivity index (χ2v) is 4.89. The van der Waals surface area contributed by atoms with Crippen molar-refractivity contribution in [2.75, 3.05) is 19.8 Å². The largest absolute Gasteiger partial charge is 0.386 e. The number of nitro groups is 1. The first-order chi connectivity index (χ1) is 10.0. The van der Waals surface area contributed by atoms with Crippen LogP contribution in [0.4, 0.5) is 5.69 Å². The number of benzene rings is 1. The maximum absolute atomic E-state index is 11.7. The zero-order valence-electron chi connectivity index (χ0n) is 11.3. The molecule has 0 aliphatic carbocycles. The molecule has 1 aromatic rings. The Balaban J connectivity index is 1.95. The van der Waals surface area contributed by atoms with Crippen molar-refractivity contribution >= 4 is 17.7 Å². The van der Waals surface area contributed by atoms with Crippen molar-refractivity contribution in [2.45, 2.75) is 12.0 Å². The second-order valence-electron chi connectivity index (χ2n) is 4.89. The molecule has 1 unspecified atom stereocenters. The molecule has 112 valence electrons. The number of carbonyl (C=O) groups is 1. The van der Waals surface area contributed by atoms with Gasteiger partial charge in [0.05, 0.1) is 17.1 Å². The summed E-state index contributed by atoms with van der Waals surface area (Å²) in [5.41, 5.74) is -0.743. The maximum Gasteiger partial charge on any atom is 0.276 e. The first-order valence-electron chi connectivity index (χ1n) is 6.50. The Kier molecular flexibility index (Phi) is 4.66. The van der Waals surface area contributed by atoms with Crippen LogP contribution in [0.1, 0.15) is 12.0 Å². The van der Waals surface area contributed by atoms with E-state index in [1.54, 1.807) is 18.2 Å². The average Bonchev–Trinajstić information content (AvgIpc) is 2.90. The summed E-state index contributed by atoms with van der Waals surface area (Å²) in [6.07, 6.45) is 3.06. The molecular weight excluding hydrogens is 276 g/mol. The van der Waals surface area contributed by atoms with Gasteiger partial charge in [0.1, 0.15) is 5.60 Å². The van der Waals surface area contributed by atoms with Gasteiger partial charge in [-0.25, -0.2) is 0 Å². The van der Waals surface area contributed by atoms with Crippen molar-refractivity contribution in [3.63, 3.8) is 0 Å². The molecule has 0 radical (unpaired) electrons. The molecule has 2 rings (SSSR count). The summed E-state index contributed by atoms with van der Waals surface area (Å²) < 4.78 is 5.07. The van der Waals surface area contributed by atoms with Crippen LogP contribution in [0, 0.1) is 10.1 Å². The highest BCUT2D eigenvalue weighted by Gasteiger charge is 2.32. The van der Waals surface area contributed by atoms with Crippen molar-refractivity contribution in [3.05, 3.63) is 46.0 Å². The molecule has 1 atom stereocenters. The third kappa shape index (κ3) is 4.11. The molecule has 0 bridgehead atoms. The first kappa shape index (κ1) is 15.1. The van der Waals surface area contributed by atoms with Gasteiger partial charge in [-0.2, -0.15) is 0 Å². The predicted octanol–water partition coefficient (Wildman–Crippen LogP) is 0.876. The molecule has 7 heteroatoms. The van der Waals surface area contributed by atoms with Crippen LogP contribution in [-0.4, -0.2) is 41.3 Å². The lowest BCUT2D eigenvalue weighted by Gasteiger charge is -2.19. The lowest BCUT2D eigenvalue weighted by atomic mass is 10.0. The Hall–Kier alpha value is -2.25. The Labute approximate surface area is 121 Å².